The molecule has 156 valence electrons. The lowest BCUT2D eigenvalue weighted by molar-refractivity contribution is 0.0838. The first-order valence-corrected chi connectivity index (χ1v) is 11.3. The van der Waals surface area contributed by atoms with E-state index < -0.39 is 5.92 Å². The van der Waals surface area contributed by atoms with Gasteiger partial charge in [0.25, 0.3) is 0 Å². The van der Waals surface area contributed by atoms with E-state index in [0.717, 1.165) is 31.6 Å². The Kier molecular flexibility index (Phi) is 5.48. The van der Waals surface area contributed by atoms with Crippen molar-refractivity contribution in [3.63, 3.8) is 0 Å². The van der Waals surface area contributed by atoms with Crippen LogP contribution in [0.1, 0.15) is 63.4 Å². The summed E-state index contributed by atoms with van der Waals surface area (Å²) < 4.78 is 0. The molecule has 3 aliphatic rings. The summed E-state index contributed by atoms with van der Waals surface area (Å²) in [7, 11) is 0. The van der Waals surface area contributed by atoms with Crippen LogP contribution in [0.3, 0.4) is 0 Å². The third kappa shape index (κ3) is 3.72. The van der Waals surface area contributed by atoms with Gasteiger partial charge in [0.05, 0.1) is 5.92 Å². The molecule has 5 rings (SSSR count). The fraction of sp³-hybridized carbons (Fsp3) is 0.480. The lowest BCUT2D eigenvalue weighted by atomic mass is 9.87. The predicted molar refractivity (Wildman–Crippen MR) is 116 cm³/mol. The topological polar surface area (TPSA) is 62.3 Å². The van der Waals surface area contributed by atoms with Crippen molar-refractivity contribution in [1.29, 1.82) is 0 Å². The predicted octanol–water partition coefficient (Wildman–Crippen LogP) is 3.25. The molecule has 0 saturated carbocycles. The van der Waals surface area contributed by atoms with Gasteiger partial charge in [-0.2, -0.15) is 0 Å². The molecule has 1 aliphatic carbocycles. The molecule has 1 aromatic carbocycles. The maximum atomic E-state index is 13.1. The molecule has 1 aromatic heterocycles. The number of aromatic nitrogens is 1. The molecule has 0 amide bonds. The van der Waals surface area contributed by atoms with Crippen molar-refractivity contribution in [3.05, 3.63) is 65.0 Å². The third-order valence-electron chi connectivity index (χ3n) is 7.15. The maximum Gasteiger partial charge on any atom is 0.174 e. The SMILES string of the molecule is O=C1c2ccc(C3CCCN(C4CCNCC4)C3)cc2C(=O)C1Cc1ccncc1. The molecule has 5 heteroatoms. The lowest BCUT2D eigenvalue weighted by Gasteiger charge is -2.40. The van der Waals surface area contributed by atoms with E-state index >= 15 is 0 Å². The monoisotopic (exact) mass is 403 g/mol. The molecule has 2 fully saturated rings. The maximum absolute atomic E-state index is 13.1. The molecule has 5 nitrogen and oxygen atoms in total. The quantitative estimate of drug-likeness (QED) is 0.794. The molecule has 2 aliphatic heterocycles. The van der Waals surface area contributed by atoms with E-state index in [1.54, 1.807) is 12.4 Å². The average Bonchev–Trinajstić information content (AvgIpc) is 3.05. The van der Waals surface area contributed by atoms with Gasteiger partial charge in [-0.3, -0.25) is 19.5 Å². The Morgan fingerprint density at radius 3 is 2.53 bits per heavy atom. The summed E-state index contributed by atoms with van der Waals surface area (Å²) in [4.78, 5) is 32.7. The molecule has 1 N–H and O–H groups in total. The van der Waals surface area contributed by atoms with Gasteiger partial charge in [-0.1, -0.05) is 12.1 Å². The van der Waals surface area contributed by atoms with E-state index in [9.17, 15) is 9.59 Å². The van der Waals surface area contributed by atoms with Crippen LogP contribution in [0.25, 0.3) is 0 Å². The van der Waals surface area contributed by atoms with Crippen molar-refractivity contribution in [1.82, 2.24) is 15.2 Å². The van der Waals surface area contributed by atoms with Gasteiger partial charge in [-0.15, -0.1) is 0 Å². The van der Waals surface area contributed by atoms with Crippen molar-refractivity contribution in [2.24, 2.45) is 5.92 Å². The largest absolute Gasteiger partial charge is 0.317 e. The minimum Gasteiger partial charge on any atom is -0.317 e. The Balaban J connectivity index is 1.34. The fourth-order valence-corrected chi connectivity index (χ4v) is 5.45. The second kappa shape index (κ2) is 8.40. The molecule has 0 radical (unpaired) electrons. The Bertz CT molecular complexity index is 937. The van der Waals surface area contributed by atoms with Crippen LogP contribution in [0.5, 0.6) is 0 Å². The number of nitrogens with one attached hydrogen (secondary N) is 1. The van der Waals surface area contributed by atoms with E-state index in [4.69, 9.17) is 0 Å². The number of likely N-dealkylation sites (tertiary alicyclic amines) is 1. The number of fused-ring (bicyclic) bond motifs is 1. The first-order valence-electron chi connectivity index (χ1n) is 11.3. The van der Waals surface area contributed by atoms with E-state index in [2.05, 4.69) is 21.3 Å². The van der Waals surface area contributed by atoms with Crippen LogP contribution in [-0.4, -0.2) is 53.7 Å². The number of carbonyl (C=O) groups is 2. The van der Waals surface area contributed by atoms with Crippen molar-refractivity contribution in [2.75, 3.05) is 26.2 Å². The van der Waals surface area contributed by atoms with Crippen LogP contribution in [-0.2, 0) is 6.42 Å². The van der Waals surface area contributed by atoms with E-state index in [0.29, 0.717) is 29.5 Å². The Morgan fingerprint density at radius 1 is 0.967 bits per heavy atom. The standard InChI is InChI=1S/C25H29N3O2/c29-24-21-4-3-18(19-2-1-13-28(16-19)20-7-11-27-12-8-20)15-22(21)25(30)23(24)14-17-5-9-26-10-6-17/h3-6,9-10,15,19-20,23,27H,1-2,7-8,11-14,16H2. The van der Waals surface area contributed by atoms with Gasteiger partial charge in [-0.05, 0) is 87.0 Å². The van der Waals surface area contributed by atoms with Gasteiger partial charge in [0.1, 0.15) is 0 Å². The van der Waals surface area contributed by atoms with Crippen LogP contribution in [0.2, 0.25) is 0 Å². The first kappa shape index (κ1) is 19.6. The zero-order valence-electron chi connectivity index (χ0n) is 17.3. The van der Waals surface area contributed by atoms with Crippen LogP contribution in [0.4, 0.5) is 0 Å². The second-order valence-corrected chi connectivity index (χ2v) is 8.96. The highest BCUT2D eigenvalue weighted by Gasteiger charge is 2.39. The molecule has 2 aromatic rings. The highest BCUT2D eigenvalue weighted by molar-refractivity contribution is 6.26. The van der Waals surface area contributed by atoms with Crippen LogP contribution in [0, 0.1) is 5.92 Å². The number of rotatable bonds is 4. The van der Waals surface area contributed by atoms with Gasteiger partial charge in [-0.25, -0.2) is 0 Å². The summed E-state index contributed by atoms with van der Waals surface area (Å²) in [6, 6.07) is 10.5. The Morgan fingerprint density at radius 2 is 1.73 bits per heavy atom. The van der Waals surface area contributed by atoms with Crippen molar-refractivity contribution in [3.8, 4) is 0 Å². The van der Waals surface area contributed by atoms with Crippen LogP contribution < -0.4 is 5.32 Å². The van der Waals surface area contributed by atoms with Crippen molar-refractivity contribution >= 4 is 11.6 Å². The second-order valence-electron chi connectivity index (χ2n) is 8.96. The summed E-state index contributed by atoms with van der Waals surface area (Å²) >= 11 is 0. The molecule has 2 saturated heterocycles. The van der Waals surface area contributed by atoms with Crippen molar-refractivity contribution < 1.29 is 9.59 Å². The van der Waals surface area contributed by atoms with Gasteiger partial charge in [0.15, 0.2) is 11.6 Å². The van der Waals surface area contributed by atoms with Crippen molar-refractivity contribution in [2.45, 2.75) is 44.1 Å². The summed E-state index contributed by atoms with van der Waals surface area (Å²) in [5.74, 6) is -0.186. The Labute approximate surface area is 177 Å². The van der Waals surface area contributed by atoms with Gasteiger partial charge in [0, 0.05) is 36.1 Å². The minimum atomic E-state index is -0.588. The highest BCUT2D eigenvalue weighted by Crippen LogP contribution is 2.35. The molecule has 0 bridgehead atoms. The summed E-state index contributed by atoms with van der Waals surface area (Å²) in [5, 5.41) is 3.46. The number of piperidine rings is 2. The average molecular weight is 404 g/mol. The number of Topliss-reactive ketones (excluding diaryl/α,β-unsaturated/α-hetero) is 2. The van der Waals surface area contributed by atoms with Gasteiger partial charge < -0.3 is 5.32 Å². The summed E-state index contributed by atoms with van der Waals surface area (Å²) in [5.41, 5.74) is 3.44. The van der Waals surface area contributed by atoms with Gasteiger partial charge in [0.2, 0.25) is 0 Å². The molecule has 0 spiro atoms. The zero-order chi connectivity index (χ0) is 20.5. The number of hydrogen-bond acceptors (Lipinski definition) is 5. The highest BCUT2D eigenvalue weighted by atomic mass is 16.2. The number of nitrogens with zero attached hydrogens (tertiary/aromatic N) is 2. The first-order chi connectivity index (χ1) is 14.7. The molecule has 2 atom stereocenters. The molecular formula is C25H29N3O2. The Hall–Kier alpha value is -2.37. The van der Waals surface area contributed by atoms with Gasteiger partial charge >= 0.3 is 0 Å². The molecule has 3 heterocycles. The number of ketones is 2. The summed E-state index contributed by atoms with van der Waals surface area (Å²) in [6.45, 7) is 4.46. The van der Waals surface area contributed by atoms with Crippen LogP contribution in [0.15, 0.2) is 42.7 Å². The number of benzene rings is 1. The van der Waals surface area contributed by atoms with E-state index in [1.807, 2.05) is 24.3 Å². The molecule has 2 unspecified atom stereocenters. The molecule has 30 heavy (non-hydrogen) atoms. The van der Waals surface area contributed by atoms with E-state index in [1.165, 1.54) is 31.4 Å². The third-order valence-corrected chi connectivity index (χ3v) is 7.15. The summed E-state index contributed by atoms with van der Waals surface area (Å²) in [6.07, 6.45) is 8.67. The fourth-order valence-electron chi connectivity index (χ4n) is 5.45. The number of hydrogen-bond donors (Lipinski definition) is 1. The normalized spacial score (nSPS) is 25.5. The minimum absolute atomic E-state index is 0.0142. The number of carbonyl (C=O) groups excluding carboxylic acids is 2. The zero-order valence-corrected chi connectivity index (χ0v) is 17.3. The smallest absolute Gasteiger partial charge is 0.174 e. The van der Waals surface area contributed by atoms with Crippen LogP contribution >= 0.6 is 0 Å². The molecular weight excluding hydrogens is 374 g/mol. The number of pyridine rings is 1. The lowest BCUT2D eigenvalue weighted by Crippen LogP contribution is -2.46. The van der Waals surface area contributed by atoms with E-state index in [-0.39, 0.29) is 11.6 Å².